The van der Waals surface area contributed by atoms with Crippen LogP contribution >= 0.6 is 0 Å². The molecule has 0 bridgehead atoms. The fourth-order valence-corrected chi connectivity index (χ4v) is 1.88. The number of rotatable bonds is 3. The smallest absolute Gasteiger partial charge is 0.231 e. The number of benzene rings is 2. The van der Waals surface area contributed by atoms with E-state index in [0.29, 0.717) is 11.5 Å². The van der Waals surface area contributed by atoms with Crippen LogP contribution in [0.5, 0.6) is 23.0 Å². The second kappa shape index (κ2) is 4.97. The average molecular weight is 279 g/mol. The first-order valence-electron chi connectivity index (χ1n) is 5.93. The second-order valence-electron chi connectivity index (χ2n) is 4.17. The van der Waals surface area contributed by atoms with E-state index in [1.807, 2.05) is 0 Å². The van der Waals surface area contributed by atoms with E-state index in [2.05, 4.69) is 0 Å². The Morgan fingerprint density at radius 3 is 2.70 bits per heavy atom. The molecule has 6 heteroatoms. The minimum absolute atomic E-state index is 0.0381. The molecular weight excluding hydrogens is 268 g/mol. The molecule has 0 unspecified atom stereocenters. The minimum atomic E-state index is -0.801. The van der Waals surface area contributed by atoms with Gasteiger partial charge in [-0.25, -0.2) is 8.78 Å². The number of ether oxygens (including phenoxy) is 3. The van der Waals surface area contributed by atoms with Crippen LogP contribution in [0.4, 0.5) is 8.78 Å². The van der Waals surface area contributed by atoms with E-state index >= 15 is 0 Å². The molecule has 0 aromatic heterocycles. The van der Waals surface area contributed by atoms with E-state index in [1.54, 1.807) is 12.1 Å². The Kier molecular flexibility index (Phi) is 3.15. The van der Waals surface area contributed by atoms with E-state index in [0.717, 1.165) is 6.07 Å². The van der Waals surface area contributed by atoms with Gasteiger partial charge in [-0.1, -0.05) is 6.07 Å². The van der Waals surface area contributed by atoms with Crippen LogP contribution in [0, 0.1) is 11.6 Å². The third-order valence-electron chi connectivity index (χ3n) is 2.91. The molecule has 4 nitrogen and oxygen atoms in total. The summed E-state index contributed by atoms with van der Waals surface area (Å²) >= 11 is 0. The van der Waals surface area contributed by atoms with Crippen LogP contribution in [0.15, 0.2) is 30.3 Å². The van der Waals surface area contributed by atoms with Crippen LogP contribution in [0.2, 0.25) is 0 Å². The lowest BCUT2D eigenvalue weighted by Crippen LogP contribution is -2.03. The Morgan fingerprint density at radius 2 is 1.90 bits per heavy atom. The van der Waals surface area contributed by atoms with Crippen molar-refractivity contribution in [1.82, 2.24) is 0 Å². The van der Waals surface area contributed by atoms with E-state index in [1.165, 1.54) is 12.1 Å². The van der Waals surface area contributed by atoms with E-state index in [-0.39, 0.29) is 24.7 Å². The zero-order valence-electron chi connectivity index (χ0n) is 10.4. The maximum absolute atomic E-state index is 14.0. The molecule has 20 heavy (non-hydrogen) atoms. The van der Waals surface area contributed by atoms with Gasteiger partial charge in [-0.15, -0.1) is 0 Å². The molecule has 104 valence electrons. The highest BCUT2D eigenvalue weighted by atomic mass is 19.1. The van der Waals surface area contributed by atoms with Gasteiger partial charge in [0.15, 0.2) is 28.9 Å². The van der Waals surface area contributed by atoms with Crippen molar-refractivity contribution in [2.24, 2.45) is 5.73 Å². The topological polar surface area (TPSA) is 53.7 Å². The van der Waals surface area contributed by atoms with Gasteiger partial charge in [-0.05, 0) is 18.2 Å². The molecule has 2 aromatic carbocycles. The lowest BCUT2D eigenvalue weighted by Gasteiger charge is -2.10. The normalized spacial score (nSPS) is 12.6. The zero-order valence-corrected chi connectivity index (χ0v) is 10.4. The molecule has 0 spiro atoms. The Labute approximate surface area is 113 Å². The van der Waals surface area contributed by atoms with Crippen molar-refractivity contribution in [2.75, 3.05) is 6.79 Å². The summed E-state index contributed by atoms with van der Waals surface area (Å²) in [6, 6.07) is 7.07. The predicted octanol–water partition coefficient (Wildman–Crippen LogP) is 2.94. The molecule has 0 aliphatic carbocycles. The minimum Gasteiger partial charge on any atom is -0.454 e. The molecule has 1 aliphatic heterocycles. The largest absolute Gasteiger partial charge is 0.454 e. The van der Waals surface area contributed by atoms with Crippen molar-refractivity contribution >= 4 is 0 Å². The molecule has 0 radical (unpaired) electrons. The Hall–Kier alpha value is -2.34. The van der Waals surface area contributed by atoms with Crippen LogP contribution in [0.25, 0.3) is 0 Å². The summed E-state index contributed by atoms with van der Waals surface area (Å²) in [5.41, 5.74) is 5.56. The predicted molar refractivity (Wildman–Crippen MR) is 66.9 cm³/mol. The fraction of sp³-hybridized carbons (Fsp3) is 0.143. The summed E-state index contributed by atoms with van der Waals surface area (Å²) in [5, 5.41) is 0. The Bertz CT molecular complexity index is 661. The molecule has 3 rings (SSSR count). The summed E-state index contributed by atoms with van der Waals surface area (Å²) in [4.78, 5) is 0. The van der Waals surface area contributed by atoms with Crippen molar-refractivity contribution in [3.05, 3.63) is 47.5 Å². The van der Waals surface area contributed by atoms with Gasteiger partial charge in [0.25, 0.3) is 0 Å². The van der Waals surface area contributed by atoms with Gasteiger partial charge in [0.1, 0.15) is 5.75 Å². The van der Waals surface area contributed by atoms with Gasteiger partial charge in [-0.2, -0.15) is 0 Å². The quantitative estimate of drug-likeness (QED) is 0.938. The van der Waals surface area contributed by atoms with Crippen molar-refractivity contribution < 1.29 is 23.0 Å². The van der Waals surface area contributed by atoms with Crippen molar-refractivity contribution in [2.45, 2.75) is 6.54 Å². The summed E-state index contributed by atoms with van der Waals surface area (Å²) in [5.74, 6) is -0.789. The van der Waals surface area contributed by atoms with E-state index in [9.17, 15) is 8.78 Å². The standard InChI is InChI=1S/C14H11F2NO3/c15-10-3-1-8(6-17)13(16)14(10)20-9-2-4-11-12(5-9)19-7-18-11/h1-5H,6-7,17H2. The van der Waals surface area contributed by atoms with Crippen LogP contribution in [0.3, 0.4) is 0 Å². The first-order valence-corrected chi connectivity index (χ1v) is 5.93. The number of hydrogen-bond acceptors (Lipinski definition) is 4. The molecule has 2 aromatic rings. The van der Waals surface area contributed by atoms with Crippen LogP contribution in [-0.2, 0) is 6.54 Å². The van der Waals surface area contributed by atoms with Gasteiger partial charge < -0.3 is 19.9 Å². The average Bonchev–Trinajstić information content (AvgIpc) is 2.91. The molecule has 0 fully saturated rings. The van der Waals surface area contributed by atoms with E-state index < -0.39 is 17.4 Å². The lowest BCUT2D eigenvalue weighted by atomic mass is 10.2. The number of fused-ring (bicyclic) bond motifs is 1. The van der Waals surface area contributed by atoms with Gasteiger partial charge in [0.2, 0.25) is 6.79 Å². The molecular formula is C14H11F2NO3. The first-order chi connectivity index (χ1) is 9.69. The van der Waals surface area contributed by atoms with Crippen LogP contribution in [-0.4, -0.2) is 6.79 Å². The SMILES string of the molecule is NCc1ccc(F)c(Oc2ccc3c(c2)OCO3)c1F. The highest BCUT2D eigenvalue weighted by Gasteiger charge is 2.18. The molecule has 1 aliphatic rings. The summed E-state index contributed by atoms with van der Waals surface area (Å²) in [6.07, 6.45) is 0. The third-order valence-corrected chi connectivity index (χ3v) is 2.91. The first kappa shape index (κ1) is 12.7. The third kappa shape index (κ3) is 2.14. The number of halogens is 2. The van der Waals surface area contributed by atoms with Gasteiger partial charge in [0, 0.05) is 18.2 Å². The molecule has 0 amide bonds. The van der Waals surface area contributed by atoms with Gasteiger partial charge in [-0.3, -0.25) is 0 Å². The monoisotopic (exact) mass is 279 g/mol. The summed E-state index contributed by atoms with van der Waals surface area (Å²) < 4.78 is 43.2. The van der Waals surface area contributed by atoms with Crippen molar-refractivity contribution in [1.29, 1.82) is 0 Å². The zero-order chi connectivity index (χ0) is 14.1. The van der Waals surface area contributed by atoms with Gasteiger partial charge >= 0.3 is 0 Å². The maximum Gasteiger partial charge on any atom is 0.231 e. The molecule has 0 saturated carbocycles. The second-order valence-corrected chi connectivity index (χ2v) is 4.17. The van der Waals surface area contributed by atoms with Crippen molar-refractivity contribution in [3.63, 3.8) is 0 Å². The fourth-order valence-electron chi connectivity index (χ4n) is 1.88. The number of nitrogens with two attached hydrogens (primary N) is 1. The maximum atomic E-state index is 14.0. The van der Waals surface area contributed by atoms with Crippen LogP contribution in [0.1, 0.15) is 5.56 Å². The van der Waals surface area contributed by atoms with Gasteiger partial charge in [0.05, 0.1) is 0 Å². The van der Waals surface area contributed by atoms with Crippen LogP contribution < -0.4 is 19.9 Å². The molecule has 2 N–H and O–H groups in total. The molecule has 0 saturated heterocycles. The Morgan fingerprint density at radius 1 is 1.10 bits per heavy atom. The molecule has 0 atom stereocenters. The highest BCUT2D eigenvalue weighted by Crippen LogP contribution is 2.37. The summed E-state index contributed by atoms with van der Waals surface area (Å²) in [7, 11) is 0. The van der Waals surface area contributed by atoms with E-state index in [4.69, 9.17) is 19.9 Å². The summed E-state index contributed by atoms with van der Waals surface area (Å²) in [6.45, 7) is 0.0772. The lowest BCUT2D eigenvalue weighted by molar-refractivity contribution is 0.174. The highest BCUT2D eigenvalue weighted by molar-refractivity contribution is 5.48. The van der Waals surface area contributed by atoms with Crippen molar-refractivity contribution in [3.8, 4) is 23.0 Å². The Balaban J connectivity index is 1.95. The number of hydrogen-bond donors (Lipinski definition) is 1. The molecule has 1 heterocycles.